The lowest BCUT2D eigenvalue weighted by molar-refractivity contribution is -0.129. The molecule has 4 fully saturated rings. The van der Waals surface area contributed by atoms with Crippen molar-refractivity contribution in [1.82, 2.24) is 10.6 Å². The highest BCUT2D eigenvalue weighted by Gasteiger charge is 2.51. The maximum Gasteiger partial charge on any atom is 0.243 e. The van der Waals surface area contributed by atoms with E-state index in [0.717, 1.165) is 17.8 Å². The van der Waals surface area contributed by atoms with E-state index in [-0.39, 0.29) is 36.1 Å². The van der Waals surface area contributed by atoms with Crippen molar-refractivity contribution in [3.05, 3.63) is 47.8 Å². The Bertz CT molecular complexity index is 754. The third-order valence-corrected chi connectivity index (χ3v) is 6.95. The summed E-state index contributed by atoms with van der Waals surface area (Å²) in [5.41, 5.74) is 1.35. The van der Waals surface area contributed by atoms with Gasteiger partial charge in [0.25, 0.3) is 0 Å². The maximum absolute atomic E-state index is 14.3. The first-order valence-corrected chi connectivity index (χ1v) is 10.4. The molecule has 5 rings (SSSR count). The minimum atomic E-state index is -0.361. The van der Waals surface area contributed by atoms with Gasteiger partial charge in [0.15, 0.2) is 0 Å². The summed E-state index contributed by atoms with van der Waals surface area (Å²) in [6.07, 6.45) is 9.47. The molecule has 0 aromatic heterocycles. The highest BCUT2D eigenvalue weighted by atomic mass is 19.1. The van der Waals surface area contributed by atoms with Crippen LogP contribution in [0.4, 0.5) is 4.39 Å². The van der Waals surface area contributed by atoms with Gasteiger partial charge in [0.05, 0.1) is 0 Å². The van der Waals surface area contributed by atoms with Crippen LogP contribution in [-0.2, 0) is 22.7 Å². The number of amides is 2. The quantitative estimate of drug-likeness (QED) is 0.702. The first-order chi connectivity index (χ1) is 13.4. The van der Waals surface area contributed by atoms with Gasteiger partial charge in [0.2, 0.25) is 11.8 Å². The molecule has 0 saturated heterocycles. The number of carbonyl (C=O) groups excluding carboxylic acids is 2. The second-order valence-corrected chi connectivity index (χ2v) is 9.22. The molecular formula is C23H29FN2O2. The van der Waals surface area contributed by atoms with Crippen molar-refractivity contribution in [2.75, 3.05) is 0 Å². The van der Waals surface area contributed by atoms with E-state index in [1.165, 1.54) is 50.7 Å². The maximum atomic E-state index is 14.3. The zero-order chi connectivity index (χ0) is 19.7. The van der Waals surface area contributed by atoms with Gasteiger partial charge in [-0.15, -0.1) is 0 Å². The second kappa shape index (κ2) is 7.69. The van der Waals surface area contributed by atoms with E-state index in [0.29, 0.717) is 17.5 Å². The molecule has 0 aliphatic heterocycles. The Labute approximate surface area is 166 Å². The summed E-state index contributed by atoms with van der Waals surface area (Å²) in [7, 11) is 0. The summed E-state index contributed by atoms with van der Waals surface area (Å²) < 4.78 is 14.3. The number of halogens is 1. The smallest absolute Gasteiger partial charge is 0.243 e. The molecule has 0 radical (unpaired) electrons. The number of nitrogens with one attached hydrogen (secondary N) is 2. The van der Waals surface area contributed by atoms with Gasteiger partial charge in [-0.3, -0.25) is 9.59 Å². The lowest BCUT2D eigenvalue weighted by atomic mass is 9.49. The van der Waals surface area contributed by atoms with E-state index in [1.807, 2.05) is 0 Å². The fourth-order valence-electron chi connectivity index (χ4n) is 6.21. The SMILES string of the molecule is C=CC(=O)NCc1ccc(CNC(=O)CC23CC4CC(CC(C4)C2)C3)c(F)c1. The highest BCUT2D eigenvalue weighted by molar-refractivity contribution is 5.86. The molecule has 1 aromatic carbocycles. The fourth-order valence-corrected chi connectivity index (χ4v) is 6.21. The summed E-state index contributed by atoms with van der Waals surface area (Å²) in [5.74, 6) is 1.87. The van der Waals surface area contributed by atoms with Crippen LogP contribution < -0.4 is 10.6 Å². The zero-order valence-electron chi connectivity index (χ0n) is 16.3. The molecule has 0 unspecified atom stereocenters. The standard InChI is InChI=1S/C23H29FN2O2/c1-2-21(27)25-13-15-3-4-19(20(24)8-15)14-26-22(28)12-23-9-16-5-17(10-23)7-18(6-16)11-23/h2-4,8,16-18H,1,5-7,9-14H2,(H,25,27)(H,26,28). The lowest BCUT2D eigenvalue weighted by Crippen LogP contribution is -2.47. The summed E-state index contributed by atoms with van der Waals surface area (Å²) in [6.45, 7) is 3.84. The molecule has 4 aliphatic carbocycles. The van der Waals surface area contributed by atoms with Crippen molar-refractivity contribution in [2.45, 2.75) is 58.0 Å². The second-order valence-electron chi connectivity index (χ2n) is 9.22. The third-order valence-electron chi connectivity index (χ3n) is 6.95. The Kier molecular flexibility index (Phi) is 5.26. The van der Waals surface area contributed by atoms with E-state index >= 15 is 0 Å². The number of rotatable bonds is 7. The van der Waals surface area contributed by atoms with Crippen LogP contribution in [0.2, 0.25) is 0 Å². The zero-order valence-corrected chi connectivity index (χ0v) is 16.3. The Hall–Kier alpha value is -2.17. The van der Waals surface area contributed by atoms with Crippen LogP contribution in [0.5, 0.6) is 0 Å². The van der Waals surface area contributed by atoms with Crippen molar-refractivity contribution < 1.29 is 14.0 Å². The number of benzene rings is 1. The Balaban J connectivity index is 1.30. The van der Waals surface area contributed by atoms with Crippen LogP contribution in [0.3, 0.4) is 0 Å². The molecule has 28 heavy (non-hydrogen) atoms. The van der Waals surface area contributed by atoms with Crippen LogP contribution in [0.25, 0.3) is 0 Å². The van der Waals surface area contributed by atoms with Crippen molar-refractivity contribution in [3.8, 4) is 0 Å². The molecule has 1 aromatic rings. The molecule has 5 heteroatoms. The number of carbonyl (C=O) groups is 2. The summed E-state index contributed by atoms with van der Waals surface area (Å²) in [5, 5.41) is 5.56. The Morgan fingerprint density at radius 3 is 2.29 bits per heavy atom. The lowest BCUT2D eigenvalue weighted by Gasteiger charge is -2.56. The van der Waals surface area contributed by atoms with Gasteiger partial charge in [-0.05, 0) is 79.4 Å². The number of hydrogen-bond acceptors (Lipinski definition) is 2. The highest BCUT2D eigenvalue weighted by Crippen LogP contribution is 2.61. The normalized spacial score (nSPS) is 30.1. The third kappa shape index (κ3) is 4.13. The van der Waals surface area contributed by atoms with Gasteiger partial charge in [0, 0.05) is 25.1 Å². The van der Waals surface area contributed by atoms with Gasteiger partial charge < -0.3 is 10.6 Å². The minimum absolute atomic E-state index is 0.0451. The van der Waals surface area contributed by atoms with E-state index in [9.17, 15) is 14.0 Å². The average Bonchev–Trinajstić information content (AvgIpc) is 2.63. The fraction of sp³-hybridized carbons (Fsp3) is 0.565. The molecule has 2 amide bonds. The van der Waals surface area contributed by atoms with Crippen LogP contribution in [0, 0.1) is 29.0 Å². The van der Waals surface area contributed by atoms with Crippen molar-refractivity contribution in [3.63, 3.8) is 0 Å². The van der Waals surface area contributed by atoms with Crippen LogP contribution >= 0.6 is 0 Å². The molecule has 0 heterocycles. The molecule has 150 valence electrons. The average molecular weight is 384 g/mol. The van der Waals surface area contributed by atoms with Gasteiger partial charge in [-0.1, -0.05) is 18.7 Å². The number of hydrogen-bond donors (Lipinski definition) is 2. The molecule has 4 saturated carbocycles. The topological polar surface area (TPSA) is 58.2 Å². The molecule has 2 N–H and O–H groups in total. The molecule has 0 atom stereocenters. The molecular weight excluding hydrogens is 355 g/mol. The Morgan fingerprint density at radius 2 is 1.71 bits per heavy atom. The van der Waals surface area contributed by atoms with E-state index < -0.39 is 0 Å². The van der Waals surface area contributed by atoms with E-state index in [1.54, 1.807) is 12.1 Å². The molecule has 4 bridgehead atoms. The molecule has 4 aliphatic rings. The summed E-state index contributed by atoms with van der Waals surface area (Å²) >= 11 is 0. The van der Waals surface area contributed by atoms with E-state index in [4.69, 9.17) is 0 Å². The van der Waals surface area contributed by atoms with Gasteiger partial charge >= 0.3 is 0 Å². The Morgan fingerprint density at radius 1 is 1.07 bits per heavy atom. The van der Waals surface area contributed by atoms with Crippen molar-refractivity contribution >= 4 is 11.8 Å². The van der Waals surface area contributed by atoms with Crippen LogP contribution in [0.1, 0.15) is 56.1 Å². The minimum Gasteiger partial charge on any atom is -0.352 e. The predicted molar refractivity (Wildman–Crippen MR) is 106 cm³/mol. The summed E-state index contributed by atoms with van der Waals surface area (Å²) in [4.78, 5) is 23.8. The van der Waals surface area contributed by atoms with Gasteiger partial charge in [0.1, 0.15) is 5.82 Å². The summed E-state index contributed by atoms with van der Waals surface area (Å²) in [6, 6.07) is 4.85. The first-order valence-electron chi connectivity index (χ1n) is 10.4. The van der Waals surface area contributed by atoms with Crippen molar-refractivity contribution in [1.29, 1.82) is 0 Å². The van der Waals surface area contributed by atoms with E-state index in [2.05, 4.69) is 17.2 Å². The first kappa shape index (κ1) is 19.2. The molecule has 0 spiro atoms. The van der Waals surface area contributed by atoms with Crippen LogP contribution in [-0.4, -0.2) is 11.8 Å². The van der Waals surface area contributed by atoms with Crippen LogP contribution in [0.15, 0.2) is 30.9 Å². The largest absolute Gasteiger partial charge is 0.352 e. The van der Waals surface area contributed by atoms with Gasteiger partial charge in [-0.25, -0.2) is 4.39 Å². The predicted octanol–water partition coefficient (Wildman–Crippen LogP) is 3.85. The molecule has 4 nitrogen and oxygen atoms in total. The van der Waals surface area contributed by atoms with Crippen molar-refractivity contribution in [2.24, 2.45) is 23.2 Å². The van der Waals surface area contributed by atoms with Gasteiger partial charge in [-0.2, -0.15) is 0 Å². The monoisotopic (exact) mass is 384 g/mol.